The van der Waals surface area contributed by atoms with Crippen LogP contribution >= 0.6 is 0 Å². The van der Waals surface area contributed by atoms with E-state index >= 15 is 0 Å². The zero-order valence-electron chi connectivity index (χ0n) is 17.2. The normalized spacial score (nSPS) is 21.2. The molecule has 1 saturated carbocycles. The summed E-state index contributed by atoms with van der Waals surface area (Å²) < 4.78 is 0. The van der Waals surface area contributed by atoms with Crippen molar-refractivity contribution in [3.8, 4) is 11.3 Å². The molecule has 1 saturated heterocycles. The number of carbonyl (C=O) groups is 2. The predicted octanol–water partition coefficient (Wildman–Crippen LogP) is 3.26. The Morgan fingerprint density at radius 3 is 2.16 bits per heavy atom. The SMILES string of the molecule is O=C1C(=O)N(C2CC(c3ccccc3)C2)CCN1Cc1ccc(-c2ccccc2)nn1. The molecular weight excluding hydrogens is 388 g/mol. The molecule has 0 unspecified atom stereocenters. The van der Waals surface area contributed by atoms with E-state index in [9.17, 15) is 9.59 Å². The fourth-order valence-electron chi connectivity index (χ4n) is 4.43. The molecule has 5 rings (SSSR count). The lowest BCUT2D eigenvalue weighted by Gasteiger charge is -2.45. The van der Waals surface area contributed by atoms with Crippen molar-refractivity contribution >= 4 is 11.8 Å². The molecule has 1 aliphatic heterocycles. The first-order chi connectivity index (χ1) is 15.2. The summed E-state index contributed by atoms with van der Waals surface area (Å²) in [5.74, 6) is -0.356. The van der Waals surface area contributed by atoms with Gasteiger partial charge in [-0.15, -0.1) is 0 Å². The largest absolute Gasteiger partial charge is 0.330 e. The summed E-state index contributed by atoms with van der Waals surface area (Å²) in [5, 5.41) is 8.54. The number of hydrogen-bond donors (Lipinski definition) is 0. The zero-order chi connectivity index (χ0) is 21.2. The van der Waals surface area contributed by atoms with Crippen LogP contribution < -0.4 is 0 Å². The number of rotatable bonds is 5. The third-order valence-corrected chi connectivity index (χ3v) is 6.31. The number of piperazine rings is 1. The number of aromatic nitrogens is 2. The second-order valence-corrected chi connectivity index (χ2v) is 8.23. The number of nitrogens with zero attached hydrogens (tertiary/aromatic N) is 4. The van der Waals surface area contributed by atoms with Gasteiger partial charge in [-0.25, -0.2) is 0 Å². The minimum atomic E-state index is -0.441. The Morgan fingerprint density at radius 1 is 0.774 bits per heavy atom. The van der Waals surface area contributed by atoms with Gasteiger partial charge in [0.2, 0.25) is 0 Å². The van der Waals surface area contributed by atoms with Crippen LogP contribution in [-0.2, 0) is 16.1 Å². The monoisotopic (exact) mass is 412 g/mol. The van der Waals surface area contributed by atoms with Crippen LogP contribution in [0.15, 0.2) is 72.8 Å². The zero-order valence-corrected chi connectivity index (χ0v) is 17.2. The number of carbonyl (C=O) groups excluding carboxylic acids is 2. The first-order valence-corrected chi connectivity index (χ1v) is 10.7. The number of benzene rings is 2. The predicted molar refractivity (Wildman–Crippen MR) is 117 cm³/mol. The van der Waals surface area contributed by atoms with Crippen molar-refractivity contribution < 1.29 is 9.59 Å². The van der Waals surface area contributed by atoms with Crippen LogP contribution in [0.25, 0.3) is 11.3 Å². The molecule has 1 aromatic heterocycles. The van der Waals surface area contributed by atoms with E-state index in [0.29, 0.717) is 31.2 Å². The van der Waals surface area contributed by atoms with Gasteiger partial charge in [0.1, 0.15) is 0 Å². The lowest BCUT2D eigenvalue weighted by atomic mass is 9.75. The van der Waals surface area contributed by atoms with Gasteiger partial charge in [-0.2, -0.15) is 10.2 Å². The van der Waals surface area contributed by atoms with Crippen LogP contribution in [0, 0.1) is 0 Å². The molecule has 3 aromatic rings. The van der Waals surface area contributed by atoms with Gasteiger partial charge >= 0.3 is 11.8 Å². The van der Waals surface area contributed by atoms with E-state index in [-0.39, 0.29) is 6.04 Å². The van der Waals surface area contributed by atoms with E-state index in [4.69, 9.17) is 0 Å². The molecule has 0 bridgehead atoms. The molecule has 156 valence electrons. The maximum absolute atomic E-state index is 12.7. The van der Waals surface area contributed by atoms with Gasteiger partial charge < -0.3 is 9.80 Å². The molecule has 2 heterocycles. The Bertz CT molecular complexity index is 1060. The molecule has 31 heavy (non-hydrogen) atoms. The Kier molecular flexibility index (Phi) is 5.20. The molecule has 0 radical (unpaired) electrons. The molecule has 1 aliphatic carbocycles. The van der Waals surface area contributed by atoms with E-state index in [2.05, 4.69) is 22.3 Å². The molecule has 0 spiro atoms. The maximum atomic E-state index is 12.7. The summed E-state index contributed by atoms with van der Waals surface area (Å²) in [6, 6.07) is 24.1. The first kappa shape index (κ1) is 19.4. The summed E-state index contributed by atoms with van der Waals surface area (Å²) in [5.41, 5.74) is 3.78. The molecule has 2 aromatic carbocycles. The van der Waals surface area contributed by atoms with E-state index in [1.165, 1.54) is 5.56 Å². The van der Waals surface area contributed by atoms with Crippen LogP contribution in [0.4, 0.5) is 0 Å². The van der Waals surface area contributed by atoms with E-state index in [1.54, 1.807) is 9.80 Å². The highest BCUT2D eigenvalue weighted by molar-refractivity contribution is 6.35. The minimum absolute atomic E-state index is 0.161. The van der Waals surface area contributed by atoms with Crippen LogP contribution in [-0.4, -0.2) is 50.9 Å². The average molecular weight is 412 g/mol. The lowest BCUT2D eigenvalue weighted by Crippen LogP contribution is -2.59. The van der Waals surface area contributed by atoms with Gasteiger partial charge in [-0.05, 0) is 36.5 Å². The average Bonchev–Trinajstić information content (AvgIpc) is 2.79. The van der Waals surface area contributed by atoms with Crippen molar-refractivity contribution in [2.45, 2.75) is 31.3 Å². The molecule has 2 amide bonds. The van der Waals surface area contributed by atoms with E-state index in [1.807, 2.05) is 60.7 Å². The van der Waals surface area contributed by atoms with Crippen LogP contribution in [0.2, 0.25) is 0 Å². The lowest BCUT2D eigenvalue weighted by molar-refractivity contribution is -0.159. The Hall–Kier alpha value is -3.54. The Balaban J connectivity index is 1.18. The highest BCUT2D eigenvalue weighted by Gasteiger charge is 2.42. The van der Waals surface area contributed by atoms with Crippen LogP contribution in [0.3, 0.4) is 0 Å². The third-order valence-electron chi connectivity index (χ3n) is 6.31. The fraction of sp³-hybridized carbons (Fsp3) is 0.280. The fourth-order valence-corrected chi connectivity index (χ4v) is 4.43. The van der Waals surface area contributed by atoms with Crippen LogP contribution in [0.5, 0.6) is 0 Å². The molecule has 6 nitrogen and oxygen atoms in total. The summed E-state index contributed by atoms with van der Waals surface area (Å²) in [4.78, 5) is 28.8. The van der Waals surface area contributed by atoms with Gasteiger partial charge in [0.15, 0.2) is 0 Å². The molecule has 0 atom stereocenters. The van der Waals surface area contributed by atoms with Crippen molar-refractivity contribution in [3.63, 3.8) is 0 Å². The molecule has 0 N–H and O–H groups in total. The summed E-state index contributed by atoms with van der Waals surface area (Å²) in [6.45, 7) is 1.41. The van der Waals surface area contributed by atoms with Gasteiger partial charge in [0.05, 0.1) is 17.9 Å². The Labute approximate surface area is 181 Å². The second-order valence-electron chi connectivity index (χ2n) is 8.23. The molecule has 2 fully saturated rings. The van der Waals surface area contributed by atoms with Crippen LogP contribution in [0.1, 0.15) is 30.0 Å². The quantitative estimate of drug-likeness (QED) is 0.604. The van der Waals surface area contributed by atoms with Gasteiger partial charge in [0, 0.05) is 24.7 Å². The molecule has 6 heteroatoms. The molecular formula is C25H24N4O2. The summed E-state index contributed by atoms with van der Waals surface area (Å²) in [6.07, 6.45) is 1.85. The van der Waals surface area contributed by atoms with Crippen molar-refractivity contribution in [1.82, 2.24) is 20.0 Å². The molecule has 2 aliphatic rings. The number of hydrogen-bond acceptors (Lipinski definition) is 4. The maximum Gasteiger partial charge on any atom is 0.312 e. The van der Waals surface area contributed by atoms with E-state index < -0.39 is 11.8 Å². The highest BCUT2D eigenvalue weighted by atomic mass is 16.2. The van der Waals surface area contributed by atoms with Crippen molar-refractivity contribution in [2.24, 2.45) is 0 Å². The minimum Gasteiger partial charge on any atom is -0.330 e. The van der Waals surface area contributed by atoms with Gasteiger partial charge in [-0.1, -0.05) is 60.7 Å². The summed E-state index contributed by atoms with van der Waals surface area (Å²) in [7, 11) is 0. The van der Waals surface area contributed by atoms with Crippen molar-refractivity contribution in [3.05, 3.63) is 84.1 Å². The smallest absolute Gasteiger partial charge is 0.312 e. The first-order valence-electron chi connectivity index (χ1n) is 10.7. The summed E-state index contributed by atoms with van der Waals surface area (Å²) >= 11 is 0. The highest BCUT2D eigenvalue weighted by Crippen LogP contribution is 2.40. The standard InChI is InChI=1S/C25H24N4O2/c30-24-25(31)29(22-15-20(16-22)18-7-3-1-4-8-18)14-13-28(24)17-21-11-12-23(27-26-21)19-9-5-2-6-10-19/h1-12,20,22H,13-17H2. The van der Waals surface area contributed by atoms with Gasteiger partial charge in [-0.3, -0.25) is 9.59 Å². The number of amides is 2. The van der Waals surface area contributed by atoms with Crippen molar-refractivity contribution in [2.75, 3.05) is 13.1 Å². The third kappa shape index (κ3) is 3.93. The topological polar surface area (TPSA) is 66.4 Å². The van der Waals surface area contributed by atoms with E-state index in [0.717, 1.165) is 24.1 Å². The Morgan fingerprint density at radius 2 is 1.48 bits per heavy atom. The van der Waals surface area contributed by atoms with Gasteiger partial charge in [0.25, 0.3) is 0 Å². The van der Waals surface area contributed by atoms with Crippen molar-refractivity contribution in [1.29, 1.82) is 0 Å². The second kappa shape index (κ2) is 8.30.